The van der Waals surface area contributed by atoms with Gasteiger partial charge in [0.05, 0.1) is 23.7 Å². The molecule has 1 aliphatic rings. The lowest BCUT2D eigenvalue weighted by Crippen LogP contribution is -2.50. The molecule has 0 radical (unpaired) electrons. The van der Waals surface area contributed by atoms with Crippen molar-refractivity contribution in [3.05, 3.63) is 35.0 Å². The number of hydrogen-bond acceptors (Lipinski definition) is 4. The number of thiophene rings is 1. The van der Waals surface area contributed by atoms with Gasteiger partial charge in [-0.05, 0) is 30.5 Å². The van der Waals surface area contributed by atoms with Gasteiger partial charge in [0.2, 0.25) is 0 Å². The smallest absolute Gasteiger partial charge is 0.264 e. The number of rotatable bonds is 2. The fraction of sp³-hybridized carbons (Fsp3) is 0.400. The number of nitrogens with zero attached hydrogens (tertiary/aromatic N) is 1. The third kappa shape index (κ3) is 2.92. The van der Waals surface area contributed by atoms with E-state index in [0.717, 1.165) is 10.1 Å². The SMILES string of the molecule is CC1CN(C(=O)c2cc3ccc(F)cc3s2)CC(CO)O1. The minimum atomic E-state index is -0.343. The van der Waals surface area contributed by atoms with E-state index in [1.54, 1.807) is 17.0 Å². The molecule has 0 aliphatic carbocycles. The predicted octanol–water partition coefficient (Wildman–Crippen LogP) is 2.26. The fourth-order valence-electron chi connectivity index (χ4n) is 2.58. The average Bonchev–Trinajstić information content (AvgIpc) is 2.88. The van der Waals surface area contributed by atoms with Gasteiger partial charge in [0.15, 0.2) is 0 Å². The summed E-state index contributed by atoms with van der Waals surface area (Å²) >= 11 is 1.29. The van der Waals surface area contributed by atoms with Crippen LogP contribution in [0.3, 0.4) is 0 Å². The molecular formula is C15H16FNO3S. The second kappa shape index (κ2) is 5.71. The van der Waals surface area contributed by atoms with E-state index in [9.17, 15) is 14.3 Å². The van der Waals surface area contributed by atoms with E-state index in [1.807, 2.05) is 6.92 Å². The Bertz CT molecular complexity index is 672. The number of fused-ring (bicyclic) bond motifs is 1. The first kappa shape index (κ1) is 14.4. The van der Waals surface area contributed by atoms with E-state index >= 15 is 0 Å². The maximum atomic E-state index is 13.2. The molecule has 1 aliphatic heterocycles. The van der Waals surface area contributed by atoms with E-state index in [-0.39, 0.29) is 30.5 Å². The molecule has 6 heteroatoms. The molecule has 0 saturated carbocycles. The van der Waals surface area contributed by atoms with Gasteiger partial charge >= 0.3 is 0 Å². The van der Waals surface area contributed by atoms with Crippen molar-refractivity contribution in [2.45, 2.75) is 19.1 Å². The van der Waals surface area contributed by atoms with Gasteiger partial charge in [-0.15, -0.1) is 11.3 Å². The Hall–Kier alpha value is -1.50. The number of carbonyl (C=O) groups is 1. The molecule has 2 aromatic rings. The van der Waals surface area contributed by atoms with E-state index in [1.165, 1.54) is 23.5 Å². The number of ether oxygens (including phenoxy) is 1. The van der Waals surface area contributed by atoms with Gasteiger partial charge in [-0.2, -0.15) is 0 Å². The molecule has 1 aromatic heterocycles. The topological polar surface area (TPSA) is 49.8 Å². The lowest BCUT2D eigenvalue weighted by Gasteiger charge is -2.35. The van der Waals surface area contributed by atoms with Crippen molar-refractivity contribution in [2.75, 3.05) is 19.7 Å². The highest BCUT2D eigenvalue weighted by molar-refractivity contribution is 7.20. The van der Waals surface area contributed by atoms with Crippen molar-refractivity contribution < 1.29 is 19.0 Å². The number of aliphatic hydroxyl groups excluding tert-OH is 1. The minimum Gasteiger partial charge on any atom is -0.394 e. The van der Waals surface area contributed by atoms with Crippen LogP contribution in [0.25, 0.3) is 10.1 Å². The molecule has 1 aromatic carbocycles. The molecule has 1 N–H and O–H groups in total. The quantitative estimate of drug-likeness (QED) is 0.926. The Morgan fingerprint density at radius 3 is 3.05 bits per heavy atom. The van der Waals surface area contributed by atoms with Crippen LogP contribution in [0.1, 0.15) is 16.6 Å². The number of hydrogen-bond donors (Lipinski definition) is 1. The van der Waals surface area contributed by atoms with Crippen LogP contribution in [0, 0.1) is 5.82 Å². The van der Waals surface area contributed by atoms with Gasteiger partial charge in [-0.1, -0.05) is 6.07 Å². The van der Waals surface area contributed by atoms with Crippen LogP contribution >= 0.6 is 11.3 Å². The molecule has 21 heavy (non-hydrogen) atoms. The summed E-state index contributed by atoms with van der Waals surface area (Å²) in [4.78, 5) is 14.8. The molecule has 1 amide bonds. The van der Waals surface area contributed by atoms with Crippen molar-refractivity contribution in [1.82, 2.24) is 4.90 Å². The van der Waals surface area contributed by atoms with E-state index in [0.29, 0.717) is 18.0 Å². The number of aliphatic hydroxyl groups is 1. The number of amides is 1. The monoisotopic (exact) mass is 309 g/mol. The molecule has 1 fully saturated rings. The zero-order chi connectivity index (χ0) is 15.0. The fourth-order valence-corrected chi connectivity index (χ4v) is 3.63. The molecule has 112 valence electrons. The summed E-state index contributed by atoms with van der Waals surface area (Å²) in [6, 6.07) is 6.30. The largest absolute Gasteiger partial charge is 0.394 e. The second-order valence-corrected chi connectivity index (χ2v) is 6.34. The van der Waals surface area contributed by atoms with Gasteiger partial charge in [-0.3, -0.25) is 4.79 Å². The summed E-state index contributed by atoms with van der Waals surface area (Å²) in [6.45, 7) is 2.65. The standard InChI is InChI=1S/C15H16FNO3S/c1-9-6-17(7-12(8-18)20-9)15(19)14-4-10-2-3-11(16)5-13(10)21-14/h2-5,9,12,18H,6-8H2,1H3. The Labute approximate surface area is 125 Å². The van der Waals surface area contributed by atoms with Crippen LogP contribution in [-0.4, -0.2) is 47.8 Å². The van der Waals surface area contributed by atoms with Crippen LogP contribution in [0.2, 0.25) is 0 Å². The zero-order valence-corrected chi connectivity index (χ0v) is 12.4. The number of carbonyl (C=O) groups excluding carboxylic acids is 1. The van der Waals surface area contributed by atoms with Gasteiger partial charge < -0.3 is 14.7 Å². The Morgan fingerprint density at radius 2 is 2.29 bits per heavy atom. The average molecular weight is 309 g/mol. The van der Waals surface area contributed by atoms with Gasteiger partial charge in [0, 0.05) is 17.8 Å². The highest BCUT2D eigenvalue weighted by atomic mass is 32.1. The number of morpholine rings is 1. The summed E-state index contributed by atoms with van der Waals surface area (Å²) in [5.74, 6) is -0.395. The van der Waals surface area contributed by atoms with Gasteiger partial charge in [-0.25, -0.2) is 4.39 Å². The first-order valence-corrected chi connectivity index (χ1v) is 7.63. The molecular weight excluding hydrogens is 293 g/mol. The van der Waals surface area contributed by atoms with Crippen molar-refractivity contribution in [3.63, 3.8) is 0 Å². The normalized spacial score (nSPS) is 22.7. The van der Waals surface area contributed by atoms with Crippen molar-refractivity contribution >= 4 is 27.3 Å². The molecule has 2 heterocycles. The minimum absolute atomic E-state index is 0.0924. The van der Waals surface area contributed by atoms with E-state index in [4.69, 9.17) is 4.74 Å². The maximum Gasteiger partial charge on any atom is 0.264 e. The molecule has 3 rings (SSSR count). The van der Waals surface area contributed by atoms with Crippen molar-refractivity contribution in [3.8, 4) is 0 Å². The van der Waals surface area contributed by atoms with Crippen LogP contribution in [0.15, 0.2) is 24.3 Å². The second-order valence-electron chi connectivity index (χ2n) is 5.25. The highest BCUT2D eigenvalue weighted by Gasteiger charge is 2.29. The predicted molar refractivity (Wildman–Crippen MR) is 79.1 cm³/mol. The molecule has 0 spiro atoms. The van der Waals surface area contributed by atoms with E-state index in [2.05, 4.69) is 0 Å². The van der Waals surface area contributed by atoms with Crippen LogP contribution in [-0.2, 0) is 4.74 Å². The lowest BCUT2D eigenvalue weighted by atomic mass is 10.2. The van der Waals surface area contributed by atoms with Gasteiger partial charge in [0.1, 0.15) is 5.82 Å². The maximum absolute atomic E-state index is 13.2. The summed E-state index contributed by atoms with van der Waals surface area (Å²) in [5.41, 5.74) is 0. The summed E-state index contributed by atoms with van der Waals surface area (Å²) in [7, 11) is 0. The zero-order valence-electron chi connectivity index (χ0n) is 11.6. The number of halogens is 1. The summed E-state index contributed by atoms with van der Waals surface area (Å²) in [5, 5.41) is 10.1. The summed E-state index contributed by atoms with van der Waals surface area (Å²) in [6.07, 6.45) is -0.448. The van der Waals surface area contributed by atoms with Gasteiger partial charge in [0.25, 0.3) is 5.91 Å². The summed E-state index contributed by atoms with van der Waals surface area (Å²) < 4.78 is 19.5. The lowest BCUT2D eigenvalue weighted by molar-refractivity contribution is -0.0857. The number of benzene rings is 1. The van der Waals surface area contributed by atoms with Crippen molar-refractivity contribution in [1.29, 1.82) is 0 Å². The first-order chi connectivity index (χ1) is 10.1. The third-order valence-electron chi connectivity index (χ3n) is 3.51. The molecule has 0 bridgehead atoms. The molecule has 1 saturated heterocycles. The molecule has 2 unspecified atom stereocenters. The van der Waals surface area contributed by atoms with Crippen LogP contribution in [0.5, 0.6) is 0 Å². The first-order valence-electron chi connectivity index (χ1n) is 6.81. The highest BCUT2D eigenvalue weighted by Crippen LogP contribution is 2.28. The molecule has 2 atom stereocenters. The van der Waals surface area contributed by atoms with Crippen molar-refractivity contribution in [2.24, 2.45) is 0 Å². The van der Waals surface area contributed by atoms with Crippen LogP contribution < -0.4 is 0 Å². The third-order valence-corrected chi connectivity index (χ3v) is 4.60. The Morgan fingerprint density at radius 1 is 1.48 bits per heavy atom. The Balaban J connectivity index is 1.85. The van der Waals surface area contributed by atoms with Crippen LogP contribution in [0.4, 0.5) is 4.39 Å². The molecule has 4 nitrogen and oxygen atoms in total. The van der Waals surface area contributed by atoms with E-state index < -0.39 is 0 Å². The Kier molecular flexibility index (Phi) is 3.93.